The van der Waals surface area contributed by atoms with Gasteiger partial charge < -0.3 is 10.1 Å². The lowest BCUT2D eigenvalue weighted by atomic mass is 10.1. The third kappa shape index (κ3) is 26.7. The summed E-state index contributed by atoms with van der Waals surface area (Å²) in [6.45, 7) is 5.79. The lowest BCUT2D eigenvalue weighted by molar-refractivity contribution is 0.143. The SMILES string of the molecule is CCCCC/C=C\C/C=C\CCCCCCCCNC(=O)OCCCCCCCCC. The van der Waals surface area contributed by atoms with Crippen molar-refractivity contribution in [2.24, 2.45) is 0 Å². The van der Waals surface area contributed by atoms with E-state index in [0.29, 0.717) is 6.61 Å². The standard InChI is InChI=1S/C28H53NO2/c1-3-5-7-9-11-12-13-14-15-16-17-18-19-20-22-24-26-29-28(30)31-27-25-23-21-10-8-6-4-2/h11-12,14-15H,3-10,13,16-27H2,1-2H3,(H,29,30)/b12-11-,15-14-. The molecule has 0 heterocycles. The molecule has 0 unspecified atom stereocenters. The number of unbranched alkanes of at least 4 members (excludes halogenated alkanes) is 15. The van der Waals surface area contributed by atoms with Crippen LogP contribution in [-0.4, -0.2) is 19.2 Å². The van der Waals surface area contributed by atoms with Gasteiger partial charge in [0.15, 0.2) is 0 Å². The molecule has 0 aromatic rings. The molecule has 0 rings (SSSR count). The number of ether oxygens (including phenoxy) is 1. The highest BCUT2D eigenvalue weighted by Crippen LogP contribution is 2.08. The third-order valence-corrected chi connectivity index (χ3v) is 5.63. The molecule has 0 spiro atoms. The van der Waals surface area contributed by atoms with Crippen molar-refractivity contribution in [2.45, 2.75) is 136 Å². The van der Waals surface area contributed by atoms with Crippen molar-refractivity contribution in [2.75, 3.05) is 13.2 Å². The van der Waals surface area contributed by atoms with Crippen LogP contribution in [0.15, 0.2) is 24.3 Å². The number of allylic oxidation sites excluding steroid dienone is 4. The minimum atomic E-state index is -0.242. The zero-order chi connectivity index (χ0) is 22.7. The summed E-state index contributed by atoms with van der Waals surface area (Å²) >= 11 is 0. The van der Waals surface area contributed by atoms with E-state index in [2.05, 4.69) is 43.5 Å². The van der Waals surface area contributed by atoms with Crippen LogP contribution in [-0.2, 0) is 4.74 Å². The van der Waals surface area contributed by atoms with Gasteiger partial charge in [0.2, 0.25) is 0 Å². The third-order valence-electron chi connectivity index (χ3n) is 5.63. The van der Waals surface area contributed by atoms with Crippen molar-refractivity contribution < 1.29 is 9.53 Å². The molecule has 1 N–H and O–H groups in total. The average Bonchev–Trinajstić information content (AvgIpc) is 2.77. The summed E-state index contributed by atoms with van der Waals surface area (Å²) in [5, 5.41) is 2.88. The van der Waals surface area contributed by atoms with Gasteiger partial charge in [0.1, 0.15) is 0 Å². The van der Waals surface area contributed by atoms with Crippen LogP contribution < -0.4 is 5.32 Å². The smallest absolute Gasteiger partial charge is 0.407 e. The van der Waals surface area contributed by atoms with Gasteiger partial charge in [-0.3, -0.25) is 0 Å². The van der Waals surface area contributed by atoms with Gasteiger partial charge >= 0.3 is 6.09 Å². The first-order valence-corrected chi connectivity index (χ1v) is 13.5. The lowest BCUT2D eigenvalue weighted by Gasteiger charge is -2.07. The quantitative estimate of drug-likeness (QED) is 0.128. The molecule has 3 nitrogen and oxygen atoms in total. The van der Waals surface area contributed by atoms with Crippen LogP contribution in [0, 0.1) is 0 Å². The van der Waals surface area contributed by atoms with E-state index in [-0.39, 0.29) is 6.09 Å². The Morgan fingerprint density at radius 3 is 1.74 bits per heavy atom. The number of nitrogens with one attached hydrogen (secondary N) is 1. The van der Waals surface area contributed by atoms with Gasteiger partial charge in [-0.25, -0.2) is 4.79 Å². The van der Waals surface area contributed by atoms with E-state index in [1.54, 1.807) is 0 Å². The Hall–Kier alpha value is -1.25. The maximum Gasteiger partial charge on any atom is 0.407 e. The van der Waals surface area contributed by atoms with Crippen molar-refractivity contribution in [1.29, 1.82) is 0 Å². The van der Waals surface area contributed by atoms with Crippen LogP contribution in [0.1, 0.15) is 136 Å². The predicted molar refractivity (Wildman–Crippen MR) is 137 cm³/mol. The Kier molecular flexibility index (Phi) is 25.7. The van der Waals surface area contributed by atoms with Gasteiger partial charge in [-0.2, -0.15) is 0 Å². The first kappa shape index (κ1) is 29.8. The van der Waals surface area contributed by atoms with Crippen molar-refractivity contribution >= 4 is 6.09 Å². The van der Waals surface area contributed by atoms with Crippen molar-refractivity contribution in [3.8, 4) is 0 Å². The summed E-state index contributed by atoms with van der Waals surface area (Å²) in [6, 6.07) is 0. The molecular formula is C28H53NO2. The molecule has 0 aromatic carbocycles. The largest absolute Gasteiger partial charge is 0.450 e. The topological polar surface area (TPSA) is 38.3 Å². The van der Waals surface area contributed by atoms with E-state index in [1.165, 1.54) is 103 Å². The summed E-state index contributed by atoms with van der Waals surface area (Å²) in [6.07, 6.45) is 32.6. The highest BCUT2D eigenvalue weighted by molar-refractivity contribution is 5.66. The number of amides is 1. The van der Waals surface area contributed by atoms with Crippen molar-refractivity contribution in [1.82, 2.24) is 5.32 Å². The fourth-order valence-corrected chi connectivity index (χ4v) is 3.58. The second-order valence-electron chi connectivity index (χ2n) is 8.77. The molecule has 0 aliphatic rings. The van der Waals surface area contributed by atoms with Gasteiger partial charge in [-0.05, 0) is 44.9 Å². The minimum Gasteiger partial charge on any atom is -0.450 e. The summed E-state index contributed by atoms with van der Waals surface area (Å²) in [7, 11) is 0. The van der Waals surface area contributed by atoms with E-state index < -0.39 is 0 Å². The van der Waals surface area contributed by atoms with E-state index in [4.69, 9.17) is 4.74 Å². The molecule has 0 fully saturated rings. The Morgan fingerprint density at radius 1 is 0.613 bits per heavy atom. The molecule has 31 heavy (non-hydrogen) atoms. The van der Waals surface area contributed by atoms with Crippen LogP contribution in [0.4, 0.5) is 4.79 Å². The predicted octanol–water partition coefficient (Wildman–Crippen LogP) is 9.28. The fourth-order valence-electron chi connectivity index (χ4n) is 3.58. The van der Waals surface area contributed by atoms with Crippen molar-refractivity contribution in [3.05, 3.63) is 24.3 Å². The lowest BCUT2D eigenvalue weighted by Crippen LogP contribution is -2.25. The Balaban J connectivity index is 3.23. The number of carbonyl (C=O) groups is 1. The van der Waals surface area contributed by atoms with Crippen LogP contribution >= 0.6 is 0 Å². The van der Waals surface area contributed by atoms with Crippen LogP contribution in [0.2, 0.25) is 0 Å². The summed E-state index contributed by atoms with van der Waals surface area (Å²) < 4.78 is 5.24. The molecule has 0 aliphatic heterocycles. The monoisotopic (exact) mass is 435 g/mol. The first-order valence-electron chi connectivity index (χ1n) is 13.5. The van der Waals surface area contributed by atoms with Crippen LogP contribution in [0.5, 0.6) is 0 Å². The highest BCUT2D eigenvalue weighted by atomic mass is 16.5. The normalized spacial score (nSPS) is 11.5. The molecule has 1 amide bonds. The molecule has 3 heteroatoms. The molecule has 0 radical (unpaired) electrons. The molecule has 0 saturated carbocycles. The second kappa shape index (κ2) is 26.8. The van der Waals surface area contributed by atoms with Gasteiger partial charge in [0.05, 0.1) is 6.61 Å². The Bertz CT molecular complexity index is 417. The first-order chi connectivity index (χ1) is 15.3. The minimum absolute atomic E-state index is 0.242. The number of carbonyl (C=O) groups excluding carboxylic acids is 1. The average molecular weight is 436 g/mol. The second-order valence-corrected chi connectivity index (χ2v) is 8.77. The Labute approximate surface area is 194 Å². The molecule has 0 aliphatic carbocycles. The van der Waals surface area contributed by atoms with E-state index in [9.17, 15) is 4.79 Å². The maximum atomic E-state index is 11.6. The number of hydrogen-bond acceptors (Lipinski definition) is 2. The molecule has 0 atom stereocenters. The van der Waals surface area contributed by atoms with E-state index >= 15 is 0 Å². The van der Waals surface area contributed by atoms with Crippen molar-refractivity contribution in [3.63, 3.8) is 0 Å². The number of rotatable bonds is 23. The van der Waals surface area contributed by atoms with E-state index in [0.717, 1.165) is 25.8 Å². The Morgan fingerprint density at radius 2 is 1.10 bits per heavy atom. The molecule has 0 saturated heterocycles. The number of hydrogen-bond donors (Lipinski definition) is 1. The van der Waals surface area contributed by atoms with Gasteiger partial charge in [0.25, 0.3) is 0 Å². The summed E-state index contributed by atoms with van der Waals surface area (Å²) in [5.74, 6) is 0. The maximum absolute atomic E-state index is 11.6. The zero-order valence-corrected chi connectivity index (χ0v) is 21.0. The zero-order valence-electron chi connectivity index (χ0n) is 21.0. The van der Waals surface area contributed by atoms with Gasteiger partial charge in [-0.1, -0.05) is 115 Å². The van der Waals surface area contributed by atoms with Crippen LogP contribution in [0.3, 0.4) is 0 Å². The molecule has 182 valence electrons. The van der Waals surface area contributed by atoms with Crippen LogP contribution in [0.25, 0.3) is 0 Å². The summed E-state index contributed by atoms with van der Waals surface area (Å²) in [4.78, 5) is 11.6. The van der Waals surface area contributed by atoms with Gasteiger partial charge in [0, 0.05) is 6.54 Å². The molecule has 0 aromatic heterocycles. The van der Waals surface area contributed by atoms with E-state index in [1.807, 2.05) is 0 Å². The number of alkyl carbamates (subject to hydrolysis) is 1. The van der Waals surface area contributed by atoms with Gasteiger partial charge in [-0.15, -0.1) is 0 Å². The summed E-state index contributed by atoms with van der Waals surface area (Å²) in [5.41, 5.74) is 0. The fraction of sp³-hybridized carbons (Fsp3) is 0.821. The molecular weight excluding hydrogens is 382 g/mol. The molecule has 0 bridgehead atoms. The highest BCUT2D eigenvalue weighted by Gasteiger charge is 2.00.